The van der Waals surface area contributed by atoms with Crippen LogP contribution in [0.15, 0.2) is 6.07 Å². The summed E-state index contributed by atoms with van der Waals surface area (Å²) in [6.07, 6.45) is -10.3. The lowest BCUT2D eigenvalue weighted by Gasteiger charge is -2.00. The molecule has 1 rings (SSSR count). The van der Waals surface area contributed by atoms with Crippen LogP contribution in [0.2, 0.25) is 0 Å². The molecule has 0 aliphatic heterocycles. The molecule has 0 atom stereocenters. The Hall–Kier alpha value is -1.95. The zero-order valence-corrected chi connectivity index (χ0v) is 11.5. The Kier molecular flexibility index (Phi) is 9.28. The fourth-order valence-corrected chi connectivity index (χ4v) is 0.890. The molecule has 0 aromatic carbocycles. The lowest BCUT2D eigenvalue weighted by molar-refractivity contribution is -0.171. The molecule has 128 valence electrons. The number of halogens is 6. The molecule has 0 aliphatic rings. The zero-order chi connectivity index (χ0) is 18.1. The number of Topliss-reactive ketones (excluding diaryl/α,β-unsaturated/α-hetero) is 2. The predicted molar refractivity (Wildman–Crippen MR) is 63.1 cm³/mol. The molecule has 0 amide bonds. The van der Waals surface area contributed by atoms with Gasteiger partial charge < -0.3 is 0 Å². The number of hydrogen-bond acceptors (Lipinski definition) is 5. The van der Waals surface area contributed by atoms with Crippen molar-refractivity contribution in [1.29, 1.82) is 0 Å². The van der Waals surface area contributed by atoms with E-state index in [9.17, 15) is 35.9 Å². The molecule has 5 N–H and O–H groups in total. The molecule has 12 heteroatoms. The summed E-state index contributed by atoms with van der Waals surface area (Å²) in [7, 11) is 0. The first-order valence-electron chi connectivity index (χ1n) is 5.36. The van der Waals surface area contributed by atoms with Crippen LogP contribution in [-0.2, 0) is 15.8 Å². The van der Waals surface area contributed by atoms with Crippen molar-refractivity contribution in [3.05, 3.63) is 17.5 Å². The Morgan fingerprint density at radius 1 is 1.18 bits per heavy atom. The third-order valence-corrected chi connectivity index (χ3v) is 1.72. The van der Waals surface area contributed by atoms with Gasteiger partial charge in [-0.05, 0) is 19.9 Å². The van der Waals surface area contributed by atoms with E-state index in [-0.39, 0.29) is 0 Å². The van der Waals surface area contributed by atoms with Gasteiger partial charge in [-0.2, -0.15) is 31.4 Å². The molecule has 22 heavy (non-hydrogen) atoms. The molecule has 0 saturated carbocycles. The van der Waals surface area contributed by atoms with Crippen molar-refractivity contribution in [2.45, 2.75) is 32.6 Å². The summed E-state index contributed by atoms with van der Waals surface area (Å²) in [6.45, 7) is 2.45. The average Bonchev–Trinajstić information content (AvgIpc) is 2.77. The first-order chi connectivity index (χ1) is 9.84. The van der Waals surface area contributed by atoms with Crippen molar-refractivity contribution < 1.29 is 35.9 Å². The molecule has 0 fully saturated rings. The fourth-order valence-electron chi connectivity index (χ4n) is 0.890. The first-order valence-corrected chi connectivity index (χ1v) is 5.36. The highest BCUT2D eigenvalue weighted by Crippen LogP contribution is 2.27. The minimum Gasteiger partial charge on any atom is -0.300 e. The molecular formula is C10H14F6N4O2. The molecule has 1 heterocycles. The molecule has 0 unspecified atom stereocenters. The molecular weight excluding hydrogens is 322 g/mol. The Morgan fingerprint density at radius 2 is 1.64 bits per heavy atom. The lowest BCUT2D eigenvalue weighted by atomic mass is 10.2. The van der Waals surface area contributed by atoms with E-state index >= 15 is 0 Å². The quantitative estimate of drug-likeness (QED) is 0.329. The van der Waals surface area contributed by atoms with Crippen LogP contribution in [0.4, 0.5) is 26.3 Å². The van der Waals surface area contributed by atoms with E-state index in [2.05, 4.69) is 21.9 Å². The minimum absolute atomic E-state index is 0.410. The van der Waals surface area contributed by atoms with Crippen LogP contribution in [0.1, 0.15) is 24.7 Å². The number of H-pyrrole nitrogens is 1. The van der Waals surface area contributed by atoms with Crippen LogP contribution in [-0.4, -0.2) is 27.9 Å². The van der Waals surface area contributed by atoms with E-state index in [4.69, 9.17) is 0 Å². The number of nitrogens with zero attached hydrogens (tertiary/aromatic N) is 1. The molecule has 0 saturated heterocycles. The van der Waals surface area contributed by atoms with Gasteiger partial charge in [-0.25, -0.2) is 0 Å². The van der Waals surface area contributed by atoms with Crippen molar-refractivity contribution >= 4 is 11.6 Å². The number of carbonyl (C=O) groups excluding carboxylic acids is 2. The van der Waals surface area contributed by atoms with Gasteiger partial charge in [-0.1, -0.05) is 0 Å². The predicted octanol–water partition coefficient (Wildman–Crippen LogP) is 1.65. The molecule has 1 aromatic rings. The number of hydrazine groups is 1. The monoisotopic (exact) mass is 336 g/mol. The van der Waals surface area contributed by atoms with Crippen LogP contribution in [0.5, 0.6) is 0 Å². The van der Waals surface area contributed by atoms with Gasteiger partial charge in [0.15, 0.2) is 5.69 Å². The largest absolute Gasteiger partial charge is 0.450 e. The summed E-state index contributed by atoms with van der Waals surface area (Å²) in [5.41, 5.74) is -0.461. The zero-order valence-electron chi connectivity index (χ0n) is 11.5. The van der Waals surface area contributed by atoms with Crippen LogP contribution >= 0.6 is 0 Å². The molecule has 1 aromatic heterocycles. The third-order valence-electron chi connectivity index (χ3n) is 1.72. The highest BCUT2D eigenvalue weighted by Gasteiger charge is 2.38. The van der Waals surface area contributed by atoms with Gasteiger partial charge in [-0.3, -0.25) is 26.4 Å². The molecule has 0 aliphatic carbocycles. The van der Waals surface area contributed by atoms with Crippen LogP contribution < -0.4 is 11.7 Å². The van der Waals surface area contributed by atoms with Gasteiger partial charge >= 0.3 is 12.4 Å². The smallest absolute Gasteiger partial charge is 0.300 e. The second kappa shape index (κ2) is 9.15. The molecule has 0 radical (unpaired) electrons. The molecule has 0 bridgehead atoms. The summed E-state index contributed by atoms with van der Waals surface area (Å²) < 4.78 is 69.1. The Labute approximate surface area is 120 Å². The minimum atomic E-state index is -4.87. The van der Waals surface area contributed by atoms with E-state index in [0.29, 0.717) is 5.69 Å². The highest BCUT2D eigenvalue weighted by molar-refractivity contribution is 6.00. The van der Waals surface area contributed by atoms with E-state index in [1.54, 1.807) is 0 Å². The first kappa shape index (κ1) is 22.3. The maximum Gasteiger partial charge on any atom is 0.450 e. The van der Waals surface area contributed by atoms with E-state index in [0.717, 1.165) is 13.0 Å². The SMILES string of the molecule is CC(=O)CC(=O)C(F)(F)F.Cc1cc(C(F)(F)F)n[nH]1.NN. The van der Waals surface area contributed by atoms with Crippen molar-refractivity contribution in [3.8, 4) is 0 Å². The molecule has 0 spiro atoms. The Balaban J connectivity index is 0. The second-order valence-corrected chi connectivity index (χ2v) is 3.73. The average molecular weight is 336 g/mol. The van der Waals surface area contributed by atoms with E-state index in [1.165, 1.54) is 6.92 Å². The summed E-state index contributed by atoms with van der Waals surface area (Å²) in [4.78, 5) is 19.9. The summed E-state index contributed by atoms with van der Waals surface area (Å²) >= 11 is 0. The normalized spacial score (nSPS) is 10.8. The van der Waals surface area contributed by atoms with Crippen molar-refractivity contribution in [1.82, 2.24) is 10.2 Å². The highest BCUT2D eigenvalue weighted by atomic mass is 19.4. The topological polar surface area (TPSA) is 115 Å². The number of rotatable bonds is 2. The summed E-state index contributed by atoms with van der Waals surface area (Å²) in [5, 5.41) is 5.24. The Morgan fingerprint density at radius 3 is 1.77 bits per heavy atom. The van der Waals surface area contributed by atoms with Gasteiger partial charge in [0.25, 0.3) is 0 Å². The number of nitrogens with two attached hydrogens (primary N) is 2. The van der Waals surface area contributed by atoms with Crippen molar-refractivity contribution in [2.75, 3.05) is 0 Å². The van der Waals surface area contributed by atoms with Crippen LogP contribution in [0, 0.1) is 6.92 Å². The number of aryl methyl sites for hydroxylation is 1. The number of aromatic amines is 1. The van der Waals surface area contributed by atoms with Gasteiger partial charge in [0.05, 0.1) is 6.42 Å². The van der Waals surface area contributed by atoms with Crippen molar-refractivity contribution in [3.63, 3.8) is 0 Å². The van der Waals surface area contributed by atoms with E-state index < -0.39 is 36.0 Å². The third kappa shape index (κ3) is 9.88. The fraction of sp³-hybridized carbons (Fsp3) is 0.500. The van der Waals surface area contributed by atoms with E-state index in [1.807, 2.05) is 0 Å². The summed E-state index contributed by atoms with van der Waals surface area (Å²) in [5.74, 6) is 5.24. The van der Waals surface area contributed by atoms with Gasteiger partial charge in [0, 0.05) is 5.69 Å². The van der Waals surface area contributed by atoms with Crippen LogP contribution in [0.25, 0.3) is 0 Å². The number of aromatic nitrogens is 2. The molecule has 6 nitrogen and oxygen atoms in total. The van der Waals surface area contributed by atoms with Crippen LogP contribution in [0.3, 0.4) is 0 Å². The number of ketones is 2. The number of hydrogen-bond donors (Lipinski definition) is 3. The lowest BCUT2D eigenvalue weighted by Crippen LogP contribution is -2.24. The van der Waals surface area contributed by atoms with Gasteiger partial charge in [-0.15, -0.1) is 0 Å². The van der Waals surface area contributed by atoms with Gasteiger partial charge in [0.1, 0.15) is 5.78 Å². The standard InChI is InChI=1S/C5H5F3N2.C5H5F3O2.H4N2/c1-3-2-4(10-9-3)5(6,7)8;1-3(9)2-4(10)5(6,7)8;1-2/h2H,1H3,(H,9,10);2H2,1H3;1-2H2. The van der Waals surface area contributed by atoms with Crippen molar-refractivity contribution in [2.24, 2.45) is 11.7 Å². The number of nitrogens with one attached hydrogen (secondary N) is 1. The maximum atomic E-state index is 11.7. The maximum absolute atomic E-state index is 11.7. The number of alkyl halides is 6. The summed E-state index contributed by atoms with van der Waals surface area (Å²) in [6, 6.07) is 0.958. The Bertz CT molecular complexity index is 480. The van der Waals surface area contributed by atoms with Gasteiger partial charge in [0.2, 0.25) is 5.78 Å². The second-order valence-electron chi connectivity index (χ2n) is 3.73. The number of carbonyl (C=O) groups is 2.